The Balaban J connectivity index is 1.87. The molecule has 2 nitrogen and oxygen atoms in total. The number of nitrogens with one attached hydrogen (secondary N) is 1. The van der Waals surface area contributed by atoms with E-state index in [1.807, 2.05) is 0 Å². The predicted molar refractivity (Wildman–Crippen MR) is 94.5 cm³/mol. The van der Waals surface area contributed by atoms with E-state index in [4.69, 9.17) is 0 Å². The number of hydrogen-bond donors (Lipinski definition) is 1. The highest BCUT2D eigenvalue weighted by atomic mass is 15.2. The van der Waals surface area contributed by atoms with Crippen molar-refractivity contribution in [3.05, 3.63) is 65.2 Å². The molecule has 1 heterocycles. The molecule has 0 aliphatic carbocycles. The lowest BCUT2D eigenvalue weighted by Crippen LogP contribution is -2.47. The topological polar surface area (TPSA) is 15.3 Å². The summed E-state index contributed by atoms with van der Waals surface area (Å²) >= 11 is 0. The summed E-state index contributed by atoms with van der Waals surface area (Å²) in [6.07, 6.45) is 1.09. The number of nitrogens with zero attached hydrogens (tertiary/aromatic N) is 1. The Morgan fingerprint density at radius 1 is 1.05 bits per heavy atom. The van der Waals surface area contributed by atoms with Crippen molar-refractivity contribution >= 4 is 5.69 Å². The third kappa shape index (κ3) is 3.33. The van der Waals surface area contributed by atoms with Crippen LogP contribution in [0.3, 0.4) is 0 Å². The molecule has 0 radical (unpaired) electrons. The first-order valence-electron chi connectivity index (χ1n) is 8.17. The number of fused-ring (bicyclic) bond motifs is 1. The van der Waals surface area contributed by atoms with Crippen molar-refractivity contribution < 1.29 is 0 Å². The van der Waals surface area contributed by atoms with Crippen LogP contribution < -0.4 is 10.2 Å². The predicted octanol–water partition coefficient (Wildman–Crippen LogP) is 3.93. The summed E-state index contributed by atoms with van der Waals surface area (Å²) in [6.45, 7) is 9.87. The van der Waals surface area contributed by atoms with E-state index in [-0.39, 0.29) is 5.54 Å². The number of aryl methyl sites for hydroxylation is 1. The molecule has 1 aliphatic heterocycles. The molecular weight excluding hydrogens is 268 g/mol. The molecule has 22 heavy (non-hydrogen) atoms. The molecule has 0 atom stereocenters. The van der Waals surface area contributed by atoms with E-state index < -0.39 is 0 Å². The fourth-order valence-corrected chi connectivity index (χ4v) is 3.36. The molecule has 2 heteroatoms. The second kappa shape index (κ2) is 6.13. The molecule has 2 aromatic rings. The second-order valence-corrected chi connectivity index (χ2v) is 6.98. The number of benzene rings is 2. The molecule has 0 bridgehead atoms. The van der Waals surface area contributed by atoms with Crippen molar-refractivity contribution in [3.63, 3.8) is 0 Å². The lowest BCUT2D eigenvalue weighted by molar-refractivity contribution is 0.395. The molecule has 0 saturated carbocycles. The molecule has 0 saturated heterocycles. The summed E-state index contributed by atoms with van der Waals surface area (Å²) in [6, 6.07) is 17.4. The first kappa shape index (κ1) is 15.1. The van der Waals surface area contributed by atoms with Gasteiger partial charge in [0.2, 0.25) is 0 Å². The summed E-state index contributed by atoms with van der Waals surface area (Å²) in [4.78, 5) is 2.57. The minimum Gasteiger partial charge on any atom is -0.369 e. The van der Waals surface area contributed by atoms with Gasteiger partial charge in [-0.1, -0.05) is 48.5 Å². The van der Waals surface area contributed by atoms with Crippen molar-refractivity contribution in [2.24, 2.45) is 0 Å². The van der Waals surface area contributed by atoms with Crippen LogP contribution in [0.2, 0.25) is 0 Å². The van der Waals surface area contributed by atoms with E-state index in [1.54, 1.807) is 0 Å². The van der Waals surface area contributed by atoms with Crippen LogP contribution >= 0.6 is 0 Å². The summed E-state index contributed by atoms with van der Waals surface area (Å²) in [5.74, 6) is 0. The Morgan fingerprint density at radius 3 is 2.59 bits per heavy atom. The Labute approximate surface area is 134 Å². The summed E-state index contributed by atoms with van der Waals surface area (Å²) < 4.78 is 0. The monoisotopic (exact) mass is 294 g/mol. The zero-order chi connectivity index (χ0) is 15.6. The third-order valence-electron chi connectivity index (χ3n) is 4.49. The molecule has 2 aromatic carbocycles. The van der Waals surface area contributed by atoms with Crippen molar-refractivity contribution in [2.75, 3.05) is 18.0 Å². The average molecular weight is 294 g/mol. The van der Waals surface area contributed by atoms with Crippen LogP contribution in [0.25, 0.3) is 0 Å². The van der Waals surface area contributed by atoms with Crippen LogP contribution in [-0.4, -0.2) is 18.6 Å². The van der Waals surface area contributed by atoms with E-state index in [2.05, 4.69) is 79.5 Å². The molecular formula is C20H26N2. The van der Waals surface area contributed by atoms with Crippen molar-refractivity contribution in [3.8, 4) is 0 Å². The van der Waals surface area contributed by atoms with E-state index >= 15 is 0 Å². The average Bonchev–Trinajstić information content (AvgIpc) is 2.63. The van der Waals surface area contributed by atoms with Gasteiger partial charge in [0.15, 0.2) is 0 Å². The summed E-state index contributed by atoms with van der Waals surface area (Å²) in [5, 5.41) is 3.69. The maximum Gasteiger partial charge on any atom is 0.0442 e. The minimum atomic E-state index is 0.127. The van der Waals surface area contributed by atoms with Crippen molar-refractivity contribution in [1.82, 2.24) is 5.32 Å². The number of rotatable bonds is 3. The van der Waals surface area contributed by atoms with Gasteiger partial charge < -0.3 is 10.2 Å². The highest BCUT2D eigenvalue weighted by Gasteiger charge is 2.27. The lowest BCUT2D eigenvalue weighted by Gasteiger charge is -2.33. The maximum atomic E-state index is 3.69. The largest absolute Gasteiger partial charge is 0.369 e. The zero-order valence-electron chi connectivity index (χ0n) is 13.9. The Kier molecular flexibility index (Phi) is 4.21. The van der Waals surface area contributed by atoms with Crippen LogP contribution in [0.1, 0.15) is 30.5 Å². The van der Waals surface area contributed by atoms with Gasteiger partial charge in [0.1, 0.15) is 0 Å². The van der Waals surface area contributed by atoms with Crippen LogP contribution in [0, 0.1) is 6.92 Å². The van der Waals surface area contributed by atoms with Gasteiger partial charge in [0, 0.05) is 30.9 Å². The third-order valence-corrected chi connectivity index (χ3v) is 4.49. The smallest absolute Gasteiger partial charge is 0.0442 e. The molecule has 0 unspecified atom stereocenters. The van der Waals surface area contributed by atoms with Gasteiger partial charge >= 0.3 is 0 Å². The molecule has 3 rings (SSSR count). The Morgan fingerprint density at radius 2 is 1.82 bits per heavy atom. The molecule has 0 fully saturated rings. The van der Waals surface area contributed by atoms with Crippen LogP contribution in [0.15, 0.2) is 48.5 Å². The minimum absolute atomic E-state index is 0.127. The second-order valence-electron chi connectivity index (χ2n) is 6.98. The van der Waals surface area contributed by atoms with Gasteiger partial charge in [0.05, 0.1) is 0 Å². The van der Waals surface area contributed by atoms with Crippen LogP contribution in [0.4, 0.5) is 5.69 Å². The van der Waals surface area contributed by atoms with E-state index in [1.165, 1.54) is 22.4 Å². The van der Waals surface area contributed by atoms with Gasteiger partial charge in [-0.2, -0.15) is 0 Å². The summed E-state index contributed by atoms with van der Waals surface area (Å²) in [7, 11) is 0. The Bertz CT molecular complexity index is 631. The molecule has 0 amide bonds. The van der Waals surface area contributed by atoms with Crippen molar-refractivity contribution in [1.29, 1.82) is 0 Å². The van der Waals surface area contributed by atoms with Crippen LogP contribution in [-0.2, 0) is 13.0 Å². The maximum absolute atomic E-state index is 3.69. The zero-order valence-corrected chi connectivity index (χ0v) is 13.9. The number of para-hydroxylation sites is 1. The lowest BCUT2D eigenvalue weighted by atomic mass is 10.0. The van der Waals surface area contributed by atoms with Crippen LogP contribution in [0.5, 0.6) is 0 Å². The van der Waals surface area contributed by atoms with Gasteiger partial charge in [0.25, 0.3) is 0 Å². The highest BCUT2D eigenvalue weighted by Crippen LogP contribution is 2.30. The molecule has 1 N–H and O–H groups in total. The van der Waals surface area contributed by atoms with Crippen molar-refractivity contribution in [2.45, 2.75) is 39.3 Å². The summed E-state index contributed by atoms with van der Waals surface area (Å²) in [5.41, 5.74) is 5.76. The fraction of sp³-hybridized carbons (Fsp3) is 0.400. The van der Waals surface area contributed by atoms with E-state index in [0.29, 0.717) is 0 Å². The number of anilines is 1. The Hall–Kier alpha value is -1.80. The quantitative estimate of drug-likeness (QED) is 0.923. The fourth-order valence-electron chi connectivity index (χ4n) is 3.36. The van der Waals surface area contributed by atoms with Gasteiger partial charge in [-0.15, -0.1) is 0 Å². The normalized spacial score (nSPS) is 17.0. The highest BCUT2D eigenvalue weighted by molar-refractivity contribution is 5.60. The molecule has 116 valence electrons. The molecule has 1 aliphatic rings. The molecule has 0 aromatic heterocycles. The van der Waals surface area contributed by atoms with E-state index in [9.17, 15) is 0 Å². The van der Waals surface area contributed by atoms with Gasteiger partial charge in [-0.05, 0) is 43.9 Å². The standard InChI is InChI=1S/C20H26N2/c1-16-8-7-11-18-14-21-20(2,3)15-22(19(16)18)13-12-17-9-5-4-6-10-17/h4-11,21H,12-15H2,1-3H3. The van der Waals surface area contributed by atoms with Gasteiger partial charge in [-0.25, -0.2) is 0 Å². The molecule has 0 spiro atoms. The number of hydrogen-bond acceptors (Lipinski definition) is 2. The SMILES string of the molecule is Cc1cccc2c1N(CCc1ccccc1)CC(C)(C)NC2. The van der Waals surface area contributed by atoms with E-state index in [0.717, 1.165) is 26.1 Å². The van der Waals surface area contributed by atoms with Gasteiger partial charge in [-0.3, -0.25) is 0 Å². The first-order valence-corrected chi connectivity index (χ1v) is 8.17. The first-order chi connectivity index (χ1) is 10.6.